The largest absolute Gasteiger partial charge is 0.326 e. The quantitative estimate of drug-likeness (QED) is 0.773. The molecule has 0 fully saturated rings. The Balaban J connectivity index is 1.90. The Morgan fingerprint density at radius 3 is 2.39 bits per heavy atom. The van der Waals surface area contributed by atoms with Crippen molar-refractivity contribution in [3.05, 3.63) is 64.2 Å². The fourth-order valence-electron chi connectivity index (χ4n) is 2.24. The van der Waals surface area contributed by atoms with Crippen LogP contribution in [0.3, 0.4) is 0 Å². The summed E-state index contributed by atoms with van der Waals surface area (Å²) in [5.74, 6) is -0.209. The van der Waals surface area contributed by atoms with Gasteiger partial charge in [0.25, 0.3) is 0 Å². The Bertz CT molecular complexity index is 708. The monoisotopic (exact) mass is 329 g/mol. The molecule has 0 spiro atoms. The number of anilines is 1. The maximum atomic E-state index is 12.1. The molecule has 0 bridgehead atoms. The summed E-state index contributed by atoms with van der Waals surface area (Å²) in [4.78, 5) is 24.1. The van der Waals surface area contributed by atoms with Gasteiger partial charge < -0.3 is 5.32 Å². The van der Waals surface area contributed by atoms with Crippen molar-refractivity contribution in [3.8, 4) is 0 Å². The van der Waals surface area contributed by atoms with Gasteiger partial charge in [0, 0.05) is 29.1 Å². The lowest BCUT2D eigenvalue weighted by molar-refractivity contribution is -0.116. The van der Waals surface area contributed by atoms with E-state index in [1.54, 1.807) is 12.1 Å². The van der Waals surface area contributed by atoms with Crippen LogP contribution in [0, 0.1) is 6.92 Å². The molecule has 0 unspecified atom stereocenters. The van der Waals surface area contributed by atoms with E-state index in [0.717, 1.165) is 12.0 Å². The van der Waals surface area contributed by atoms with Gasteiger partial charge in [-0.15, -0.1) is 0 Å². The van der Waals surface area contributed by atoms with Gasteiger partial charge in [-0.25, -0.2) is 0 Å². The minimum atomic E-state index is -0.186. The van der Waals surface area contributed by atoms with Crippen molar-refractivity contribution in [1.29, 1.82) is 0 Å². The maximum absolute atomic E-state index is 12.1. The molecule has 120 valence electrons. The van der Waals surface area contributed by atoms with E-state index in [1.165, 1.54) is 5.56 Å². The molecule has 0 aliphatic carbocycles. The zero-order valence-electron chi connectivity index (χ0n) is 13.4. The lowest BCUT2D eigenvalue weighted by Crippen LogP contribution is -2.14. The molecular weight excluding hydrogens is 310 g/mol. The highest BCUT2D eigenvalue weighted by Gasteiger charge is 2.10. The number of benzene rings is 2. The van der Waals surface area contributed by atoms with Gasteiger partial charge in [-0.3, -0.25) is 9.59 Å². The Morgan fingerprint density at radius 1 is 1.04 bits per heavy atom. The van der Waals surface area contributed by atoms with Gasteiger partial charge >= 0.3 is 0 Å². The molecule has 0 atom stereocenters. The molecule has 2 rings (SSSR count). The molecule has 0 saturated carbocycles. The minimum absolute atomic E-state index is 0.0226. The molecule has 0 aromatic heterocycles. The third kappa shape index (κ3) is 4.93. The van der Waals surface area contributed by atoms with Crippen LogP contribution < -0.4 is 5.32 Å². The number of rotatable bonds is 6. The fraction of sp³-hybridized carbons (Fsp3) is 0.263. The first-order chi connectivity index (χ1) is 11.0. The minimum Gasteiger partial charge on any atom is -0.326 e. The van der Waals surface area contributed by atoms with Crippen molar-refractivity contribution >= 4 is 29.0 Å². The van der Waals surface area contributed by atoms with Crippen LogP contribution in [-0.2, 0) is 11.2 Å². The average Bonchev–Trinajstić information content (AvgIpc) is 2.56. The number of ketones is 1. The highest BCUT2D eigenvalue weighted by Crippen LogP contribution is 2.20. The topological polar surface area (TPSA) is 46.2 Å². The highest BCUT2D eigenvalue weighted by molar-refractivity contribution is 6.31. The first-order valence-electron chi connectivity index (χ1n) is 7.67. The van der Waals surface area contributed by atoms with E-state index in [4.69, 9.17) is 11.6 Å². The highest BCUT2D eigenvalue weighted by atomic mass is 35.5. The van der Waals surface area contributed by atoms with Crippen molar-refractivity contribution in [1.82, 2.24) is 0 Å². The molecule has 23 heavy (non-hydrogen) atoms. The third-order valence-corrected chi connectivity index (χ3v) is 3.97. The Labute approximate surface area is 141 Å². The van der Waals surface area contributed by atoms with E-state index >= 15 is 0 Å². The van der Waals surface area contributed by atoms with E-state index in [2.05, 4.69) is 12.2 Å². The van der Waals surface area contributed by atoms with Crippen LogP contribution in [0.25, 0.3) is 0 Å². The van der Waals surface area contributed by atoms with E-state index < -0.39 is 0 Å². The average molecular weight is 330 g/mol. The summed E-state index contributed by atoms with van der Waals surface area (Å²) < 4.78 is 0. The molecular formula is C19H20ClNO2. The number of carbonyl (C=O) groups is 2. The van der Waals surface area contributed by atoms with Gasteiger partial charge in [-0.2, -0.15) is 0 Å². The summed E-state index contributed by atoms with van der Waals surface area (Å²) in [7, 11) is 0. The molecule has 0 saturated heterocycles. The van der Waals surface area contributed by atoms with Crippen LogP contribution >= 0.6 is 11.6 Å². The fourth-order valence-corrected chi connectivity index (χ4v) is 2.41. The van der Waals surface area contributed by atoms with Gasteiger partial charge in [0.1, 0.15) is 0 Å². The smallest absolute Gasteiger partial charge is 0.224 e. The molecule has 0 aliphatic rings. The van der Waals surface area contributed by atoms with Crippen LogP contribution in [0.5, 0.6) is 0 Å². The van der Waals surface area contributed by atoms with E-state index in [9.17, 15) is 9.59 Å². The maximum Gasteiger partial charge on any atom is 0.224 e. The third-order valence-electron chi connectivity index (χ3n) is 3.74. The standard InChI is InChI=1S/C19H20ClNO2/c1-3-14-5-7-15(8-6-14)18(22)10-11-19(23)21-17-12-16(20)9-4-13(17)2/h4-9,12H,3,10-11H2,1-2H3,(H,21,23). The van der Waals surface area contributed by atoms with Crippen molar-refractivity contribution < 1.29 is 9.59 Å². The number of aryl methyl sites for hydroxylation is 2. The Kier molecular flexibility index (Phi) is 5.94. The number of amides is 1. The number of hydrogen-bond donors (Lipinski definition) is 1. The zero-order valence-corrected chi connectivity index (χ0v) is 14.1. The second kappa shape index (κ2) is 7.93. The molecule has 3 nitrogen and oxygen atoms in total. The molecule has 2 aromatic rings. The lowest BCUT2D eigenvalue weighted by Gasteiger charge is -2.08. The van der Waals surface area contributed by atoms with Crippen LogP contribution in [0.2, 0.25) is 5.02 Å². The van der Waals surface area contributed by atoms with Crippen LogP contribution in [-0.4, -0.2) is 11.7 Å². The van der Waals surface area contributed by atoms with Gasteiger partial charge in [0.15, 0.2) is 5.78 Å². The number of hydrogen-bond acceptors (Lipinski definition) is 2. The van der Waals surface area contributed by atoms with Crippen LogP contribution in [0.1, 0.15) is 41.3 Å². The molecule has 1 N–H and O–H groups in total. The summed E-state index contributed by atoms with van der Waals surface area (Å²) in [6.07, 6.45) is 1.28. The second-order valence-corrected chi connectivity index (χ2v) is 5.92. The number of carbonyl (C=O) groups excluding carboxylic acids is 2. The second-order valence-electron chi connectivity index (χ2n) is 5.48. The summed E-state index contributed by atoms with van der Waals surface area (Å²) in [5.41, 5.74) is 3.45. The normalized spacial score (nSPS) is 10.4. The molecule has 4 heteroatoms. The molecule has 2 aromatic carbocycles. The van der Waals surface area contributed by atoms with Crippen molar-refractivity contribution in [2.75, 3.05) is 5.32 Å². The molecule has 0 aliphatic heterocycles. The number of halogens is 1. The van der Waals surface area contributed by atoms with E-state index in [0.29, 0.717) is 16.3 Å². The van der Waals surface area contributed by atoms with Gasteiger partial charge in [0.05, 0.1) is 0 Å². The summed E-state index contributed by atoms with van der Waals surface area (Å²) in [6, 6.07) is 12.9. The lowest BCUT2D eigenvalue weighted by atomic mass is 10.0. The Morgan fingerprint density at radius 2 is 1.74 bits per heavy atom. The molecule has 0 heterocycles. The first kappa shape index (κ1) is 17.2. The predicted molar refractivity (Wildman–Crippen MR) is 94.2 cm³/mol. The SMILES string of the molecule is CCc1ccc(C(=O)CCC(=O)Nc2cc(Cl)ccc2C)cc1. The van der Waals surface area contributed by atoms with Crippen LogP contribution in [0.4, 0.5) is 5.69 Å². The Hall–Kier alpha value is -2.13. The van der Waals surface area contributed by atoms with Crippen LogP contribution in [0.15, 0.2) is 42.5 Å². The van der Waals surface area contributed by atoms with Crippen molar-refractivity contribution in [3.63, 3.8) is 0 Å². The van der Waals surface area contributed by atoms with E-state index in [1.807, 2.05) is 37.3 Å². The molecule has 0 radical (unpaired) electrons. The van der Waals surface area contributed by atoms with Gasteiger partial charge in [-0.05, 0) is 36.6 Å². The van der Waals surface area contributed by atoms with Crippen molar-refractivity contribution in [2.24, 2.45) is 0 Å². The summed E-state index contributed by atoms with van der Waals surface area (Å²) >= 11 is 5.93. The molecule has 1 amide bonds. The summed E-state index contributed by atoms with van der Waals surface area (Å²) in [6.45, 7) is 3.96. The number of Topliss-reactive ketones (excluding diaryl/α,β-unsaturated/α-hetero) is 1. The van der Waals surface area contributed by atoms with Gasteiger partial charge in [0.2, 0.25) is 5.91 Å². The number of nitrogens with one attached hydrogen (secondary N) is 1. The zero-order chi connectivity index (χ0) is 16.8. The first-order valence-corrected chi connectivity index (χ1v) is 8.05. The predicted octanol–water partition coefficient (Wildman–Crippen LogP) is 4.81. The van der Waals surface area contributed by atoms with Gasteiger partial charge in [-0.1, -0.05) is 48.9 Å². The van der Waals surface area contributed by atoms with Crippen molar-refractivity contribution in [2.45, 2.75) is 33.1 Å². The van der Waals surface area contributed by atoms with E-state index in [-0.39, 0.29) is 24.5 Å². The summed E-state index contributed by atoms with van der Waals surface area (Å²) in [5, 5.41) is 3.37.